The SMILES string of the molecule is C=CCCC1CCC(C(F)=C(F)c2ccc3cc(/C=C/C)ccc3c2)CC1. The van der Waals surface area contributed by atoms with Crippen molar-refractivity contribution in [1.29, 1.82) is 0 Å². The highest BCUT2D eigenvalue weighted by molar-refractivity contribution is 5.87. The maximum absolute atomic E-state index is 14.8. The molecule has 2 aromatic carbocycles. The summed E-state index contributed by atoms with van der Waals surface area (Å²) < 4.78 is 29.6. The van der Waals surface area contributed by atoms with Crippen LogP contribution in [0.5, 0.6) is 0 Å². The van der Waals surface area contributed by atoms with E-state index in [4.69, 9.17) is 0 Å². The first kappa shape index (κ1) is 19.5. The lowest BCUT2D eigenvalue weighted by molar-refractivity contribution is 0.263. The summed E-state index contributed by atoms with van der Waals surface area (Å²) in [5.74, 6) is -0.911. The molecule has 27 heavy (non-hydrogen) atoms. The van der Waals surface area contributed by atoms with E-state index in [1.807, 2.05) is 43.4 Å². The van der Waals surface area contributed by atoms with E-state index in [9.17, 15) is 8.78 Å². The Kier molecular flexibility index (Phi) is 6.60. The van der Waals surface area contributed by atoms with Crippen LogP contribution in [-0.2, 0) is 0 Å². The molecule has 0 unspecified atom stereocenters. The number of fused-ring (bicyclic) bond motifs is 1. The lowest BCUT2D eigenvalue weighted by atomic mass is 9.79. The molecule has 0 spiro atoms. The molecule has 0 heterocycles. The van der Waals surface area contributed by atoms with Gasteiger partial charge in [0.15, 0.2) is 5.83 Å². The lowest BCUT2D eigenvalue weighted by Gasteiger charge is -2.27. The zero-order valence-electron chi connectivity index (χ0n) is 16.1. The van der Waals surface area contributed by atoms with Crippen LogP contribution in [-0.4, -0.2) is 0 Å². The second-order valence-electron chi connectivity index (χ2n) is 7.57. The zero-order chi connectivity index (χ0) is 19.2. The van der Waals surface area contributed by atoms with Crippen LogP contribution in [0.2, 0.25) is 0 Å². The molecule has 142 valence electrons. The fraction of sp³-hybridized carbons (Fsp3) is 0.360. The van der Waals surface area contributed by atoms with Crippen molar-refractivity contribution in [2.75, 3.05) is 0 Å². The van der Waals surface area contributed by atoms with Gasteiger partial charge in [0.1, 0.15) is 5.83 Å². The average Bonchev–Trinajstić information content (AvgIpc) is 2.71. The number of rotatable bonds is 6. The fourth-order valence-electron chi connectivity index (χ4n) is 4.07. The first-order chi connectivity index (χ1) is 13.1. The summed E-state index contributed by atoms with van der Waals surface area (Å²) in [4.78, 5) is 0. The molecular weight excluding hydrogens is 338 g/mol. The van der Waals surface area contributed by atoms with E-state index < -0.39 is 11.7 Å². The molecular formula is C25H28F2. The third-order valence-electron chi connectivity index (χ3n) is 5.67. The first-order valence-corrected chi connectivity index (χ1v) is 9.95. The molecule has 1 fully saturated rings. The number of hydrogen-bond donors (Lipinski definition) is 0. The Bertz CT molecular complexity index is 852. The third-order valence-corrected chi connectivity index (χ3v) is 5.67. The van der Waals surface area contributed by atoms with Crippen LogP contribution in [0.3, 0.4) is 0 Å². The van der Waals surface area contributed by atoms with Crippen molar-refractivity contribution in [2.45, 2.75) is 45.4 Å². The van der Waals surface area contributed by atoms with Gasteiger partial charge >= 0.3 is 0 Å². The quantitative estimate of drug-likeness (QED) is 0.451. The number of halogens is 2. The lowest BCUT2D eigenvalue weighted by Crippen LogP contribution is -2.15. The minimum Gasteiger partial charge on any atom is -0.208 e. The van der Waals surface area contributed by atoms with E-state index in [1.54, 1.807) is 12.1 Å². The Labute approximate surface area is 161 Å². The van der Waals surface area contributed by atoms with Crippen molar-refractivity contribution in [3.8, 4) is 0 Å². The van der Waals surface area contributed by atoms with E-state index in [1.165, 1.54) is 0 Å². The molecule has 1 aliphatic rings. The molecule has 0 aromatic heterocycles. The highest BCUT2D eigenvalue weighted by Crippen LogP contribution is 2.39. The van der Waals surface area contributed by atoms with Gasteiger partial charge in [0, 0.05) is 11.5 Å². The maximum Gasteiger partial charge on any atom is 0.162 e. The van der Waals surface area contributed by atoms with Crippen molar-refractivity contribution < 1.29 is 8.78 Å². The van der Waals surface area contributed by atoms with Crippen molar-refractivity contribution in [2.24, 2.45) is 11.8 Å². The van der Waals surface area contributed by atoms with Crippen LogP contribution in [0.1, 0.15) is 56.6 Å². The summed E-state index contributed by atoms with van der Waals surface area (Å²) >= 11 is 0. The average molecular weight is 366 g/mol. The Morgan fingerprint density at radius 1 is 1.04 bits per heavy atom. The van der Waals surface area contributed by atoms with Crippen LogP contribution >= 0.6 is 0 Å². The standard InChI is InChI=1S/C25H28F2/c1-3-5-7-18-8-11-20(12-9-18)24(26)25(27)23-15-14-21-16-19(6-4-2)10-13-22(21)17-23/h3-4,6,10,13-18,20H,1,5,7-9,11-12H2,2H3/b6-4+,25-24?. The monoisotopic (exact) mass is 366 g/mol. The van der Waals surface area contributed by atoms with Gasteiger partial charge in [-0.2, -0.15) is 0 Å². The van der Waals surface area contributed by atoms with E-state index in [0.29, 0.717) is 11.5 Å². The summed E-state index contributed by atoms with van der Waals surface area (Å²) in [6.45, 7) is 5.74. The second-order valence-corrected chi connectivity index (χ2v) is 7.57. The highest BCUT2D eigenvalue weighted by Gasteiger charge is 2.26. The Balaban J connectivity index is 1.76. The minimum atomic E-state index is -0.691. The van der Waals surface area contributed by atoms with Crippen molar-refractivity contribution in [3.63, 3.8) is 0 Å². The molecule has 1 saturated carbocycles. The minimum absolute atomic E-state index is 0.280. The first-order valence-electron chi connectivity index (χ1n) is 9.95. The molecule has 0 aliphatic heterocycles. The summed E-state index contributed by atoms with van der Waals surface area (Å²) in [5.41, 5.74) is 1.45. The Morgan fingerprint density at radius 3 is 2.44 bits per heavy atom. The summed E-state index contributed by atoms with van der Waals surface area (Å²) in [6.07, 6.45) is 11.5. The molecule has 2 aromatic rings. The van der Waals surface area contributed by atoms with Gasteiger partial charge < -0.3 is 0 Å². The van der Waals surface area contributed by atoms with Crippen molar-refractivity contribution in [3.05, 3.63) is 72.1 Å². The van der Waals surface area contributed by atoms with E-state index in [-0.39, 0.29) is 5.92 Å². The molecule has 0 N–H and O–H groups in total. The molecule has 0 bridgehead atoms. The normalized spacial score (nSPS) is 21.4. The van der Waals surface area contributed by atoms with Gasteiger partial charge in [-0.05, 0) is 79.8 Å². The van der Waals surface area contributed by atoms with E-state index >= 15 is 0 Å². The largest absolute Gasteiger partial charge is 0.208 e. The van der Waals surface area contributed by atoms with Gasteiger partial charge in [-0.3, -0.25) is 0 Å². The van der Waals surface area contributed by atoms with Gasteiger partial charge in [0.25, 0.3) is 0 Å². The summed E-state index contributed by atoms with van der Waals surface area (Å²) in [6, 6.07) is 11.3. The molecule has 0 radical (unpaired) electrons. The number of benzene rings is 2. The number of hydrogen-bond acceptors (Lipinski definition) is 0. The van der Waals surface area contributed by atoms with Crippen LogP contribution in [0.25, 0.3) is 22.7 Å². The van der Waals surface area contributed by atoms with Crippen LogP contribution in [0.4, 0.5) is 8.78 Å². The van der Waals surface area contributed by atoms with Gasteiger partial charge in [-0.15, -0.1) is 6.58 Å². The fourth-order valence-corrected chi connectivity index (χ4v) is 4.07. The Hall–Kier alpha value is -2.22. The summed E-state index contributed by atoms with van der Waals surface area (Å²) in [5, 5.41) is 1.96. The molecule has 3 rings (SSSR count). The third kappa shape index (κ3) is 4.74. The molecule has 0 nitrogen and oxygen atoms in total. The zero-order valence-corrected chi connectivity index (χ0v) is 16.1. The predicted molar refractivity (Wildman–Crippen MR) is 113 cm³/mol. The summed E-state index contributed by atoms with van der Waals surface area (Å²) in [7, 11) is 0. The second kappa shape index (κ2) is 9.12. The molecule has 0 atom stereocenters. The number of allylic oxidation sites excluding steroid dienone is 3. The maximum atomic E-state index is 14.8. The highest BCUT2D eigenvalue weighted by atomic mass is 19.2. The van der Waals surface area contributed by atoms with E-state index in [0.717, 1.165) is 54.9 Å². The van der Waals surface area contributed by atoms with Crippen molar-refractivity contribution in [1.82, 2.24) is 0 Å². The van der Waals surface area contributed by atoms with E-state index in [2.05, 4.69) is 12.6 Å². The van der Waals surface area contributed by atoms with Crippen LogP contribution in [0.15, 0.2) is 61.0 Å². The van der Waals surface area contributed by atoms with Gasteiger partial charge in [-0.1, -0.05) is 42.5 Å². The van der Waals surface area contributed by atoms with Gasteiger partial charge in [-0.25, -0.2) is 8.78 Å². The smallest absolute Gasteiger partial charge is 0.162 e. The predicted octanol–water partition coefficient (Wildman–Crippen LogP) is 8.25. The topological polar surface area (TPSA) is 0 Å². The van der Waals surface area contributed by atoms with Crippen LogP contribution in [0, 0.1) is 11.8 Å². The van der Waals surface area contributed by atoms with Crippen LogP contribution < -0.4 is 0 Å². The van der Waals surface area contributed by atoms with Gasteiger partial charge in [0.2, 0.25) is 0 Å². The molecule has 1 aliphatic carbocycles. The molecule has 0 saturated heterocycles. The molecule has 0 amide bonds. The van der Waals surface area contributed by atoms with Gasteiger partial charge in [0.05, 0.1) is 0 Å². The van der Waals surface area contributed by atoms with Crippen molar-refractivity contribution >= 4 is 22.7 Å². The Morgan fingerprint density at radius 2 is 1.74 bits per heavy atom. The molecule has 2 heteroatoms.